The number of fused-ring (bicyclic) bond motifs is 3. The highest BCUT2D eigenvalue weighted by molar-refractivity contribution is 5.99. The molecule has 1 aliphatic carbocycles. The lowest BCUT2D eigenvalue weighted by Gasteiger charge is -2.37. The van der Waals surface area contributed by atoms with Crippen molar-refractivity contribution in [1.82, 2.24) is 20.1 Å². The molecule has 6 rings (SSSR count). The van der Waals surface area contributed by atoms with Gasteiger partial charge in [-0.15, -0.1) is 6.58 Å². The highest BCUT2D eigenvalue weighted by Gasteiger charge is 2.48. The third-order valence-corrected chi connectivity index (χ3v) is 10.6. The number of nitrogens with zero attached hydrogens (tertiary/aromatic N) is 2. The average molecular weight is 711 g/mol. The molecule has 3 heterocycles. The lowest BCUT2D eigenvalue weighted by atomic mass is 9.78. The number of rotatable bonds is 4. The number of hydrogen-bond donors (Lipinski definition) is 2. The van der Waals surface area contributed by atoms with Gasteiger partial charge in [-0.25, -0.2) is 9.59 Å². The molecule has 11 heteroatoms. The molecule has 3 amide bonds. The summed E-state index contributed by atoms with van der Waals surface area (Å²) in [6.07, 6.45) is 3.75. The first-order valence-electron chi connectivity index (χ1n) is 18.3. The lowest BCUT2D eigenvalue weighted by Crippen LogP contribution is -2.60. The molecule has 1 saturated carbocycles. The zero-order valence-electron chi connectivity index (χ0n) is 30.8. The molecule has 0 spiro atoms. The number of aryl methyl sites for hydroxylation is 1. The minimum atomic E-state index is -1.07. The van der Waals surface area contributed by atoms with E-state index < -0.39 is 53.5 Å². The highest BCUT2D eigenvalue weighted by atomic mass is 16.6. The van der Waals surface area contributed by atoms with Crippen LogP contribution < -0.4 is 10.6 Å². The van der Waals surface area contributed by atoms with E-state index in [1.165, 1.54) is 4.90 Å². The van der Waals surface area contributed by atoms with E-state index in [1.54, 1.807) is 6.08 Å². The first-order valence-corrected chi connectivity index (χ1v) is 18.3. The summed E-state index contributed by atoms with van der Waals surface area (Å²) >= 11 is 0. The highest BCUT2D eigenvalue weighted by Crippen LogP contribution is 2.33. The summed E-state index contributed by atoms with van der Waals surface area (Å²) in [6, 6.07) is 14.7. The Morgan fingerprint density at radius 2 is 1.79 bits per heavy atom. The number of ether oxygens (including phenoxy) is 2. The van der Waals surface area contributed by atoms with Crippen LogP contribution in [0.3, 0.4) is 0 Å². The van der Waals surface area contributed by atoms with Crippen LogP contribution in [0.4, 0.5) is 4.79 Å². The van der Waals surface area contributed by atoms with Crippen molar-refractivity contribution >= 4 is 40.6 Å². The lowest BCUT2D eigenvalue weighted by molar-refractivity contribution is -0.143. The second kappa shape index (κ2) is 14.6. The molecule has 11 nitrogen and oxygen atoms in total. The molecule has 276 valence electrons. The van der Waals surface area contributed by atoms with Gasteiger partial charge in [0.1, 0.15) is 23.9 Å². The van der Waals surface area contributed by atoms with Crippen LogP contribution >= 0.6 is 0 Å². The molecule has 1 unspecified atom stereocenters. The number of amides is 3. The Kier molecular flexibility index (Phi) is 10.3. The van der Waals surface area contributed by atoms with Crippen LogP contribution in [0.15, 0.2) is 67.3 Å². The van der Waals surface area contributed by atoms with E-state index in [0.717, 1.165) is 47.8 Å². The smallest absolute Gasteiger partial charge is 0.407 e. The molecule has 0 radical (unpaired) electrons. The summed E-state index contributed by atoms with van der Waals surface area (Å²) in [5.41, 5.74) is 2.02. The molecule has 4 bridgehead atoms. The van der Waals surface area contributed by atoms with Crippen molar-refractivity contribution in [3.05, 3.63) is 78.5 Å². The van der Waals surface area contributed by atoms with Crippen molar-refractivity contribution in [2.75, 3.05) is 13.2 Å². The second-order valence-electron chi connectivity index (χ2n) is 16.3. The summed E-state index contributed by atoms with van der Waals surface area (Å²) in [5.74, 6) is -1.96. The van der Waals surface area contributed by atoms with E-state index in [2.05, 4.69) is 37.1 Å². The fourth-order valence-corrected chi connectivity index (χ4v) is 7.54. The Hall–Kier alpha value is -4.93. The predicted molar refractivity (Wildman–Crippen MR) is 197 cm³/mol. The fourth-order valence-electron chi connectivity index (χ4n) is 7.54. The van der Waals surface area contributed by atoms with Gasteiger partial charge in [-0.1, -0.05) is 77.4 Å². The first kappa shape index (κ1) is 36.8. The van der Waals surface area contributed by atoms with Gasteiger partial charge in [0.05, 0.1) is 24.7 Å². The summed E-state index contributed by atoms with van der Waals surface area (Å²) in [7, 11) is 0. The average Bonchev–Trinajstić information content (AvgIpc) is 3.71. The minimum Gasteiger partial charge on any atom is -0.456 e. The number of benzene rings is 2. The van der Waals surface area contributed by atoms with Gasteiger partial charge in [-0.2, -0.15) is 0 Å². The maximum Gasteiger partial charge on any atom is 0.407 e. The van der Waals surface area contributed by atoms with E-state index >= 15 is 0 Å². The Morgan fingerprint density at radius 3 is 2.48 bits per heavy atom. The van der Waals surface area contributed by atoms with Crippen molar-refractivity contribution in [3.63, 3.8) is 0 Å². The molecule has 5 atom stereocenters. The third kappa shape index (κ3) is 7.64. The second-order valence-corrected chi connectivity index (χ2v) is 16.3. The summed E-state index contributed by atoms with van der Waals surface area (Å²) in [6.45, 7) is 13.4. The molecule has 2 aliphatic heterocycles. The van der Waals surface area contributed by atoms with E-state index in [4.69, 9.17) is 9.47 Å². The minimum absolute atomic E-state index is 0.00922. The molecule has 1 aromatic heterocycles. The number of Topliss-reactive ketones (excluding diaryl/α,β-unsaturated/α-hetero) is 1. The van der Waals surface area contributed by atoms with Gasteiger partial charge in [-0.05, 0) is 59.9 Å². The largest absolute Gasteiger partial charge is 0.456 e. The third-order valence-electron chi connectivity index (χ3n) is 10.6. The number of para-hydroxylation sites is 1. The van der Waals surface area contributed by atoms with Crippen molar-refractivity contribution in [2.45, 2.75) is 97.4 Å². The normalized spacial score (nSPS) is 25.9. The van der Waals surface area contributed by atoms with E-state index in [0.29, 0.717) is 5.69 Å². The molecule has 1 saturated heterocycles. The Labute approximate surface area is 305 Å². The maximum absolute atomic E-state index is 14.5. The number of aromatic nitrogens is 1. The maximum atomic E-state index is 14.5. The standard InChI is InChI=1S/C41H50N4O7/c1-7-25-20-33(46)34(25)42-36(47)31-21-28-23-44(31)37(48)35(40(2,3)4)43-39(50)51-24-41(5,6)19-12-11-14-26-15-13-18-30-29(26)22-32(38(49)52-28)45(30)27-16-9-8-10-17-27/h7-10,13,15-18,22,25,28,31,34-35H,1,11-12,14,19-21,23-24H2,2-6H3,(H,42,47)(H,43,50)/t25-,28-,31+,34?,35-/m1/s1. The number of ketones is 1. The molecular formula is C41H50N4O7. The van der Waals surface area contributed by atoms with E-state index in [9.17, 15) is 24.0 Å². The van der Waals surface area contributed by atoms with E-state index in [1.807, 2.05) is 73.9 Å². The van der Waals surface area contributed by atoms with Crippen molar-refractivity contribution in [3.8, 4) is 5.69 Å². The summed E-state index contributed by atoms with van der Waals surface area (Å²) < 4.78 is 13.8. The van der Waals surface area contributed by atoms with Crippen LogP contribution in [0.5, 0.6) is 0 Å². The van der Waals surface area contributed by atoms with Crippen molar-refractivity contribution in [1.29, 1.82) is 0 Å². The topological polar surface area (TPSA) is 136 Å². The van der Waals surface area contributed by atoms with Crippen LogP contribution in [0.1, 0.15) is 82.8 Å². The van der Waals surface area contributed by atoms with Gasteiger partial charge in [-0.3, -0.25) is 14.4 Å². The predicted octanol–water partition coefficient (Wildman–Crippen LogP) is 5.91. The van der Waals surface area contributed by atoms with Crippen LogP contribution in [0.25, 0.3) is 16.6 Å². The van der Waals surface area contributed by atoms with Gasteiger partial charge in [0.15, 0.2) is 5.78 Å². The molecule has 2 fully saturated rings. The molecule has 2 aromatic carbocycles. The molecule has 2 N–H and O–H groups in total. The van der Waals surface area contributed by atoms with Crippen LogP contribution in [-0.4, -0.2) is 76.5 Å². The molecule has 3 aromatic rings. The van der Waals surface area contributed by atoms with Gasteiger partial charge < -0.3 is 29.6 Å². The number of cyclic esters (lactones) is 1. The van der Waals surface area contributed by atoms with Crippen molar-refractivity contribution in [2.24, 2.45) is 16.7 Å². The summed E-state index contributed by atoms with van der Waals surface area (Å²) in [4.78, 5) is 69.6. The first-order chi connectivity index (χ1) is 24.7. The number of alkyl carbamates (subject to hydrolysis) is 1. The van der Waals surface area contributed by atoms with Gasteiger partial charge in [0.2, 0.25) is 11.8 Å². The molecule has 3 aliphatic rings. The quantitative estimate of drug-likeness (QED) is 0.254. The Bertz CT molecular complexity index is 1870. The fraction of sp³-hybridized carbons (Fsp3) is 0.488. The number of hydrogen-bond acceptors (Lipinski definition) is 7. The zero-order valence-corrected chi connectivity index (χ0v) is 30.8. The number of carbonyl (C=O) groups is 5. The SMILES string of the molecule is C=C[C@@H]1CC(=O)C1NC(=O)[C@@H]1C[C@@H]2CN1C(=O)[C@H](C(C)(C)C)NC(=O)OCC(C)(C)CCCCc1cccc3c1cc(n3-c1ccccc1)C(=O)O2. The number of esters is 1. The van der Waals surface area contributed by atoms with Crippen LogP contribution in [0.2, 0.25) is 0 Å². The van der Waals surface area contributed by atoms with Crippen molar-refractivity contribution < 1.29 is 33.4 Å². The van der Waals surface area contributed by atoms with Gasteiger partial charge in [0.25, 0.3) is 0 Å². The zero-order chi connectivity index (χ0) is 37.4. The molecular weight excluding hydrogens is 660 g/mol. The summed E-state index contributed by atoms with van der Waals surface area (Å²) in [5, 5.41) is 6.55. The Balaban J connectivity index is 1.39. The van der Waals surface area contributed by atoms with Gasteiger partial charge >= 0.3 is 12.1 Å². The number of nitrogens with one attached hydrogen (secondary N) is 2. The monoisotopic (exact) mass is 710 g/mol. The number of carbonyl (C=O) groups excluding carboxylic acids is 5. The van der Waals surface area contributed by atoms with Crippen LogP contribution in [-0.2, 0) is 30.3 Å². The van der Waals surface area contributed by atoms with Gasteiger partial charge in [0, 0.05) is 29.8 Å². The molecule has 52 heavy (non-hydrogen) atoms. The van der Waals surface area contributed by atoms with E-state index in [-0.39, 0.29) is 43.1 Å². The van der Waals surface area contributed by atoms with Crippen LogP contribution in [0, 0.1) is 16.7 Å². The Morgan fingerprint density at radius 1 is 1.04 bits per heavy atom.